The Bertz CT molecular complexity index is 918. The van der Waals surface area contributed by atoms with Crippen LogP contribution in [0.5, 0.6) is 11.5 Å². The van der Waals surface area contributed by atoms with E-state index in [1.165, 1.54) is 0 Å². The lowest BCUT2D eigenvalue weighted by atomic mass is 10.0. The van der Waals surface area contributed by atoms with Gasteiger partial charge in [-0.3, -0.25) is 9.59 Å². The summed E-state index contributed by atoms with van der Waals surface area (Å²) in [5.74, 6) is 0.711. The minimum atomic E-state index is -1.01. The Hall–Kier alpha value is -3.02. The summed E-state index contributed by atoms with van der Waals surface area (Å²) < 4.78 is 10.6. The van der Waals surface area contributed by atoms with Crippen LogP contribution in [0.3, 0.4) is 0 Å². The fourth-order valence-corrected chi connectivity index (χ4v) is 3.34. The molecule has 1 aliphatic heterocycles. The molecule has 0 radical (unpaired) electrons. The third-order valence-electron chi connectivity index (χ3n) is 5.23. The molecule has 1 fully saturated rings. The van der Waals surface area contributed by atoms with Crippen molar-refractivity contribution in [1.29, 1.82) is 0 Å². The zero-order valence-electron chi connectivity index (χ0n) is 15.4. The smallest absolute Gasteiger partial charge is 0.240 e. The number of anilines is 2. The Morgan fingerprint density at radius 2 is 1.78 bits per heavy atom. The Balaban J connectivity index is 1.50. The highest BCUT2D eigenvalue weighted by Gasteiger charge is 2.56. The summed E-state index contributed by atoms with van der Waals surface area (Å²) in [7, 11) is 0. The Morgan fingerprint density at radius 3 is 2.52 bits per heavy atom. The van der Waals surface area contributed by atoms with E-state index in [4.69, 9.17) is 9.47 Å². The number of rotatable bonds is 5. The molecule has 2 N–H and O–H groups in total. The number of nitrogens with one attached hydrogen (secondary N) is 2. The van der Waals surface area contributed by atoms with Gasteiger partial charge in [-0.1, -0.05) is 25.1 Å². The van der Waals surface area contributed by atoms with Gasteiger partial charge in [0.15, 0.2) is 11.5 Å². The maximum atomic E-state index is 12.9. The predicted molar refractivity (Wildman–Crippen MR) is 102 cm³/mol. The van der Waals surface area contributed by atoms with E-state index in [1.54, 1.807) is 18.2 Å². The van der Waals surface area contributed by atoms with E-state index >= 15 is 0 Å². The van der Waals surface area contributed by atoms with E-state index in [-0.39, 0.29) is 18.6 Å². The number of carbonyl (C=O) groups is 2. The van der Waals surface area contributed by atoms with Crippen molar-refractivity contribution in [3.05, 3.63) is 47.5 Å². The molecule has 2 aromatic rings. The second-order valence-electron chi connectivity index (χ2n) is 7.02. The Labute approximate surface area is 157 Å². The molecule has 6 nitrogen and oxygen atoms in total. The highest BCUT2D eigenvalue weighted by molar-refractivity contribution is 6.17. The molecule has 140 valence electrons. The summed E-state index contributed by atoms with van der Waals surface area (Å²) in [6.07, 6.45) is 1.90. The molecule has 2 amide bonds. The lowest BCUT2D eigenvalue weighted by Crippen LogP contribution is -2.36. The van der Waals surface area contributed by atoms with Gasteiger partial charge in [0.25, 0.3) is 0 Å². The molecule has 4 rings (SSSR count). The van der Waals surface area contributed by atoms with E-state index in [1.807, 2.05) is 32.0 Å². The maximum Gasteiger partial charge on any atom is 0.240 e. The highest BCUT2D eigenvalue weighted by atomic mass is 16.7. The number of hydrogen-bond acceptors (Lipinski definition) is 4. The molecule has 1 aliphatic carbocycles. The number of ether oxygens (including phenoxy) is 2. The first-order valence-electron chi connectivity index (χ1n) is 9.14. The van der Waals surface area contributed by atoms with Crippen molar-refractivity contribution in [1.82, 2.24) is 0 Å². The van der Waals surface area contributed by atoms with Crippen molar-refractivity contribution in [3.63, 3.8) is 0 Å². The van der Waals surface area contributed by atoms with Crippen LogP contribution in [0.15, 0.2) is 36.4 Å². The minimum absolute atomic E-state index is 0.176. The van der Waals surface area contributed by atoms with Gasteiger partial charge in [-0.2, -0.15) is 0 Å². The predicted octanol–water partition coefficient (Wildman–Crippen LogP) is 3.64. The van der Waals surface area contributed by atoms with E-state index in [0.717, 1.165) is 23.2 Å². The molecule has 2 aromatic carbocycles. The first-order chi connectivity index (χ1) is 13.0. The van der Waals surface area contributed by atoms with Crippen molar-refractivity contribution in [3.8, 4) is 11.5 Å². The summed E-state index contributed by atoms with van der Waals surface area (Å²) >= 11 is 0. The van der Waals surface area contributed by atoms with Crippen LogP contribution in [0.25, 0.3) is 0 Å². The van der Waals surface area contributed by atoms with Gasteiger partial charge in [-0.05, 0) is 49.4 Å². The SMILES string of the molecule is CCc1cccc(C)c1NC(=O)C1(C(=O)Nc2ccc3c(c2)OCO3)CC1. The summed E-state index contributed by atoms with van der Waals surface area (Å²) in [5.41, 5.74) is 2.45. The molecule has 1 saturated carbocycles. The molecule has 2 aliphatic rings. The zero-order chi connectivity index (χ0) is 19.0. The Morgan fingerprint density at radius 1 is 1.04 bits per heavy atom. The molecule has 0 bridgehead atoms. The third kappa shape index (κ3) is 3.12. The maximum absolute atomic E-state index is 12.9. The van der Waals surface area contributed by atoms with Gasteiger partial charge in [-0.25, -0.2) is 0 Å². The number of aryl methyl sites for hydroxylation is 2. The Kier molecular flexibility index (Phi) is 4.26. The lowest BCUT2D eigenvalue weighted by Gasteiger charge is -2.18. The standard InChI is InChI=1S/C21H22N2O4/c1-3-14-6-4-5-13(2)18(14)23-20(25)21(9-10-21)19(24)22-15-7-8-16-17(11-15)27-12-26-16/h4-8,11H,3,9-10,12H2,1-2H3,(H,22,24)(H,23,25). The highest BCUT2D eigenvalue weighted by Crippen LogP contribution is 2.48. The van der Waals surface area contributed by atoms with Crippen LogP contribution in [0.2, 0.25) is 0 Å². The fraction of sp³-hybridized carbons (Fsp3) is 0.333. The van der Waals surface area contributed by atoms with Gasteiger partial charge in [0.2, 0.25) is 18.6 Å². The van der Waals surface area contributed by atoms with E-state index in [9.17, 15) is 9.59 Å². The molecule has 0 saturated heterocycles. The van der Waals surface area contributed by atoms with E-state index in [0.29, 0.717) is 30.0 Å². The van der Waals surface area contributed by atoms with Crippen molar-refractivity contribution in [2.45, 2.75) is 33.1 Å². The molecule has 27 heavy (non-hydrogen) atoms. The number of para-hydroxylation sites is 1. The van der Waals surface area contributed by atoms with Crippen molar-refractivity contribution < 1.29 is 19.1 Å². The van der Waals surface area contributed by atoms with Crippen LogP contribution < -0.4 is 20.1 Å². The van der Waals surface area contributed by atoms with Crippen LogP contribution in [0, 0.1) is 12.3 Å². The minimum Gasteiger partial charge on any atom is -0.454 e. The van der Waals surface area contributed by atoms with Crippen molar-refractivity contribution in [2.24, 2.45) is 5.41 Å². The van der Waals surface area contributed by atoms with Crippen molar-refractivity contribution in [2.75, 3.05) is 17.4 Å². The summed E-state index contributed by atoms with van der Waals surface area (Å²) in [6.45, 7) is 4.18. The van der Waals surface area contributed by atoms with Gasteiger partial charge >= 0.3 is 0 Å². The zero-order valence-corrected chi connectivity index (χ0v) is 15.4. The lowest BCUT2D eigenvalue weighted by molar-refractivity contribution is -0.131. The molecular weight excluding hydrogens is 344 g/mol. The first-order valence-corrected chi connectivity index (χ1v) is 9.14. The van der Waals surface area contributed by atoms with Crippen LogP contribution in [-0.4, -0.2) is 18.6 Å². The van der Waals surface area contributed by atoms with E-state index in [2.05, 4.69) is 10.6 Å². The first kappa shape index (κ1) is 17.4. The van der Waals surface area contributed by atoms with Gasteiger partial charge in [-0.15, -0.1) is 0 Å². The van der Waals surface area contributed by atoms with Gasteiger partial charge in [0, 0.05) is 17.4 Å². The molecule has 0 aromatic heterocycles. The molecule has 6 heteroatoms. The molecular formula is C21H22N2O4. The summed E-state index contributed by atoms with van der Waals surface area (Å²) in [4.78, 5) is 25.7. The number of amides is 2. The normalized spacial score (nSPS) is 15.9. The average molecular weight is 366 g/mol. The van der Waals surface area contributed by atoms with Gasteiger partial charge < -0.3 is 20.1 Å². The fourth-order valence-electron chi connectivity index (χ4n) is 3.34. The van der Waals surface area contributed by atoms with Crippen molar-refractivity contribution >= 4 is 23.2 Å². The number of fused-ring (bicyclic) bond motifs is 1. The second kappa shape index (κ2) is 6.61. The largest absolute Gasteiger partial charge is 0.454 e. The molecule has 0 atom stereocenters. The molecule has 0 unspecified atom stereocenters. The topological polar surface area (TPSA) is 76.7 Å². The molecule has 1 heterocycles. The molecule has 0 spiro atoms. The average Bonchev–Trinajstić information content (AvgIpc) is 3.35. The second-order valence-corrected chi connectivity index (χ2v) is 7.02. The van der Waals surface area contributed by atoms with Crippen LogP contribution in [0.4, 0.5) is 11.4 Å². The van der Waals surface area contributed by atoms with Crippen LogP contribution >= 0.6 is 0 Å². The summed E-state index contributed by atoms with van der Waals surface area (Å²) in [5, 5.41) is 5.85. The number of carbonyl (C=O) groups excluding carboxylic acids is 2. The number of hydrogen-bond donors (Lipinski definition) is 2. The van der Waals surface area contributed by atoms with Gasteiger partial charge in [0.05, 0.1) is 0 Å². The monoisotopic (exact) mass is 366 g/mol. The van der Waals surface area contributed by atoms with Gasteiger partial charge in [0.1, 0.15) is 5.41 Å². The quantitative estimate of drug-likeness (QED) is 0.792. The summed E-state index contributed by atoms with van der Waals surface area (Å²) in [6, 6.07) is 11.1. The number of benzene rings is 2. The van der Waals surface area contributed by atoms with E-state index < -0.39 is 5.41 Å². The van der Waals surface area contributed by atoms with Crippen LogP contribution in [0.1, 0.15) is 30.9 Å². The van der Waals surface area contributed by atoms with Crippen LogP contribution in [-0.2, 0) is 16.0 Å². The third-order valence-corrected chi connectivity index (χ3v) is 5.23.